The lowest BCUT2D eigenvalue weighted by Crippen LogP contribution is -2.50. The van der Waals surface area contributed by atoms with Crippen LogP contribution in [0.2, 0.25) is 0 Å². The average Bonchev–Trinajstić information content (AvgIpc) is 2.74. The number of carbonyl (C=O) groups excluding carboxylic acids is 1. The summed E-state index contributed by atoms with van der Waals surface area (Å²) < 4.78 is 26.1. The Kier molecular flexibility index (Phi) is 6.81. The molecular formula is C22H34N2O3S. The van der Waals surface area contributed by atoms with Gasteiger partial charge in [-0.3, -0.25) is 4.79 Å². The van der Waals surface area contributed by atoms with Gasteiger partial charge in [0.1, 0.15) is 0 Å². The fraction of sp³-hybridized carbons (Fsp3) is 0.682. The minimum atomic E-state index is -3.33. The van der Waals surface area contributed by atoms with Gasteiger partial charge in [-0.25, -0.2) is 8.42 Å². The van der Waals surface area contributed by atoms with Gasteiger partial charge < -0.3 is 9.80 Å². The molecule has 0 aromatic heterocycles. The monoisotopic (exact) mass is 406 g/mol. The zero-order valence-corrected chi connectivity index (χ0v) is 18.1. The maximum absolute atomic E-state index is 13.5. The number of nitrogens with zero attached hydrogens (tertiary/aromatic N) is 2. The van der Waals surface area contributed by atoms with E-state index in [2.05, 4.69) is 17.0 Å². The second-order valence-electron chi connectivity index (χ2n) is 8.73. The Morgan fingerprint density at radius 3 is 2.64 bits per heavy atom. The molecule has 1 heterocycles. The zero-order valence-electron chi connectivity index (χ0n) is 17.3. The molecule has 1 aromatic rings. The second-order valence-corrected chi connectivity index (χ2v) is 11.2. The van der Waals surface area contributed by atoms with E-state index in [1.165, 1.54) is 5.56 Å². The van der Waals surface area contributed by atoms with Gasteiger partial charge in [-0.1, -0.05) is 43.2 Å². The molecule has 5 nitrogen and oxygen atoms in total. The number of sulfone groups is 1. The van der Waals surface area contributed by atoms with Crippen molar-refractivity contribution >= 4 is 15.7 Å². The fourth-order valence-electron chi connectivity index (χ4n) is 4.96. The molecule has 1 saturated carbocycles. The highest BCUT2D eigenvalue weighted by Gasteiger charge is 2.53. The van der Waals surface area contributed by atoms with Gasteiger partial charge in [0, 0.05) is 19.5 Å². The van der Waals surface area contributed by atoms with Crippen LogP contribution in [-0.2, 0) is 21.1 Å². The highest BCUT2D eigenvalue weighted by molar-refractivity contribution is 7.92. The predicted molar refractivity (Wildman–Crippen MR) is 113 cm³/mol. The summed E-state index contributed by atoms with van der Waals surface area (Å²) in [5.41, 5.74) is 1.17. The summed E-state index contributed by atoms with van der Waals surface area (Å²) >= 11 is 0. The minimum Gasteiger partial charge on any atom is -0.342 e. The topological polar surface area (TPSA) is 57.7 Å². The largest absolute Gasteiger partial charge is 0.342 e. The van der Waals surface area contributed by atoms with Crippen molar-refractivity contribution in [2.24, 2.45) is 5.92 Å². The molecular weight excluding hydrogens is 372 g/mol. The minimum absolute atomic E-state index is 0.0272. The molecule has 1 spiro atoms. The summed E-state index contributed by atoms with van der Waals surface area (Å²) in [6.07, 6.45) is 5.25. The first-order valence-corrected chi connectivity index (χ1v) is 12.2. The summed E-state index contributed by atoms with van der Waals surface area (Å²) in [4.78, 5) is 17.0. The first-order valence-electron chi connectivity index (χ1n) is 10.5. The summed E-state index contributed by atoms with van der Waals surface area (Å²) in [6, 6.07) is 10.1. The van der Waals surface area contributed by atoms with Crippen LogP contribution in [0.3, 0.4) is 0 Å². The highest BCUT2D eigenvalue weighted by atomic mass is 32.2. The van der Waals surface area contributed by atoms with Crippen LogP contribution in [0.25, 0.3) is 0 Å². The van der Waals surface area contributed by atoms with Crippen molar-refractivity contribution in [3.63, 3.8) is 0 Å². The predicted octanol–water partition coefficient (Wildman–Crippen LogP) is 2.76. The van der Waals surface area contributed by atoms with Gasteiger partial charge in [0.2, 0.25) is 5.91 Å². The van der Waals surface area contributed by atoms with Crippen LogP contribution in [0.15, 0.2) is 30.3 Å². The van der Waals surface area contributed by atoms with Crippen LogP contribution in [0, 0.1) is 5.92 Å². The molecule has 2 atom stereocenters. The first-order chi connectivity index (χ1) is 13.3. The smallest absolute Gasteiger partial charge is 0.224 e. The van der Waals surface area contributed by atoms with E-state index in [4.69, 9.17) is 0 Å². The van der Waals surface area contributed by atoms with E-state index >= 15 is 0 Å². The third-order valence-corrected chi connectivity index (χ3v) is 9.20. The van der Waals surface area contributed by atoms with E-state index in [9.17, 15) is 13.2 Å². The van der Waals surface area contributed by atoms with Crippen molar-refractivity contribution in [3.8, 4) is 0 Å². The van der Waals surface area contributed by atoms with Gasteiger partial charge in [0.15, 0.2) is 9.84 Å². The van der Waals surface area contributed by atoms with Crippen molar-refractivity contribution in [2.75, 3.05) is 39.5 Å². The van der Waals surface area contributed by atoms with Gasteiger partial charge in [0.05, 0.1) is 10.5 Å². The van der Waals surface area contributed by atoms with E-state index in [1.807, 2.05) is 32.3 Å². The quantitative estimate of drug-likeness (QED) is 0.729. The van der Waals surface area contributed by atoms with E-state index in [1.54, 1.807) is 4.90 Å². The molecule has 2 aliphatic rings. The normalized spacial score (nSPS) is 27.9. The fourth-order valence-corrected chi connectivity index (χ4v) is 7.34. The summed E-state index contributed by atoms with van der Waals surface area (Å²) in [7, 11) is 0.696. The van der Waals surface area contributed by atoms with Crippen molar-refractivity contribution in [1.82, 2.24) is 9.80 Å². The number of hydrogen-bond donors (Lipinski definition) is 0. The van der Waals surface area contributed by atoms with Crippen LogP contribution in [-0.4, -0.2) is 68.4 Å². The van der Waals surface area contributed by atoms with Gasteiger partial charge in [-0.15, -0.1) is 0 Å². The molecule has 6 heteroatoms. The number of hydrogen-bond acceptors (Lipinski definition) is 4. The van der Waals surface area contributed by atoms with Crippen LogP contribution >= 0.6 is 0 Å². The van der Waals surface area contributed by atoms with Crippen LogP contribution < -0.4 is 0 Å². The van der Waals surface area contributed by atoms with Crippen molar-refractivity contribution in [1.29, 1.82) is 0 Å². The number of amides is 1. The maximum atomic E-state index is 13.5. The second kappa shape index (κ2) is 8.95. The lowest BCUT2D eigenvalue weighted by molar-refractivity contribution is -0.132. The molecule has 3 rings (SSSR count). The van der Waals surface area contributed by atoms with E-state index < -0.39 is 14.6 Å². The molecule has 156 valence electrons. The molecule has 28 heavy (non-hydrogen) atoms. The summed E-state index contributed by atoms with van der Waals surface area (Å²) in [5, 5.41) is 0. The van der Waals surface area contributed by atoms with Gasteiger partial charge in [0.25, 0.3) is 0 Å². The highest BCUT2D eigenvalue weighted by Crippen LogP contribution is 2.46. The van der Waals surface area contributed by atoms with Crippen LogP contribution in [0.4, 0.5) is 0 Å². The molecule has 0 radical (unpaired) electrons. The molecule has 1 aromatic carbocycles. The van der Waals surface area contributed by atoms with Gasteiger partial charge in [-0.05, 0) is 57.8 Å². The van der Waals surface area contributed by atoms with E-state index in [0.717, 1.165) is 38.6 Å². The summed E-state index contributed by atoms with van der Waals surface area (Å²) in [5.74, 6) is 0.158. The number of carbonyl (C=O) groups is 1. The standard InChI is InChI=1S/C22H34N2O3S/c1-23(2)13-8-14-24-15-16-28(26,27)22(18-21(24)25)12-7-6-11-20(22)17-19-9-4-3-5-10-19/h3-5,9-10,20H,6-8,11-18H2,1-2H3. The van der Waals surface area contributed by atoms with Crippen LogP contribution in [0.1, 0.15) is 44.1 Å². The molecule has 1 aliphatic heterocycles. The van der Waals surface area contributed by atoms with E-state index in [-0.39, 0.29) is 24.0 Å². The van der Waals surface area contributed by atoms with Gasteiger partial charge in [-0.2, -0.15) is 0 Å². The number of benzene rings is 1. The van der Waals surface area contributed by atoms with Crippen LogP contribution in [0.5, 0.6) is 0 Å². The molecule has 1 saturated heterocycles. The Morgan fingerprint density at radius 2 is 1.93 bits per heavy atom. The average molecular weight is 407 g/mol. The van der Waals surface area contributed by atoms with E-state index in [0.29, 0.717) is 19.5 Å². The Bertz CT molecular complexity index is 763. The molecule has 2 unspecified atom stereocenters. The lowest BCUT2D eigenvalue weighted by atomic mass is 9.73. The number of rotatable bonds is 6. The third kappa shape index (κ3) is 4.60. The third-order valence-electron chi connectivity index (χ3n) is 6.56. The zero-order chi connectivity index (χ0) is 20.2. The first kappa shape index (κ1) is 21.3. The van der Waals surface area contributed by atoms with Crippen molar-refractivity contribution < 1.29 is 13.2 Å². The molecule has 1 aliphatic carbocycles. The Labute approximate surface area is 170 Å². The molecule has 0 bridgehead atoms. The summed E-state index contributed by atoms with van der Waals surface area (Å²) in [6.45, 7) is 1.89. The lowest BCUT2D eigenvalue weighted by Gasteiger charge is -2.42. The Morgan fingerprint density at radius 1 is 1.18 bits per heavy atom. The van der Waals surface area contributed by atoms with Gasteiger partial charge >= 0.3 is 0 Å². The van der Waals surface area contributed by atoms with Crippen molar-refractivity contribution in [2.45, 2.75) is 49.7 Å². The Balaban J connectivity index is 1.83. The molecule has 2 fully saturated rings. The molecule has 1 amide bonds. The van der Waals surface area contributed by atoms with Crippen molar-refractivity contribution in [3.05, 3.63) is 35.9 Å². The SMILES string of the molecule is CN(C)CCCN1CCS(=O)(=O)C2(CCCCC2Cc2ccccc2)CC1=O. The molecule has 0 N–H and O–H groups in total. The Hall–Kier alpha value is -1.40. The maximum Gasteiger partial charge on any atom is 0.224 e.